The minimum Gasteiger partial charge on any atom is -0.326 e. The van der Waals surface area contributed by atoms with Gasteiger partial charge in [-0.1, -0.05) is 23.8 Å². The Morgan fingerprint density at radius 1 is 1.28 bits per heavy atom. The molecule has 4 nitrogen and oxygen atoms in total. The number of nitrogens with zero attached hydrogens (tertiary/aromatic N) is 2. The van der Waals surface area contributed by atoms with Crippen LogP contribution in [0.4, 0.5) is 0 Å². The molecule has 0 aliphatic carbocycles. The average Bonchev–Trinajstić information content (AvgIpc) is 2.32. The SMILES string of the molecule is Cc1ccc(-c2nn(C)c(=O)cc2CN)c(C)c1. The Bertz CT molecular complexity index is 644. The maximum atomic E-state index is 11.6. The summed E-state index contributed by atoms with van der Waals surface area (Å²) in [6.07, 6.45) is 0. The molecule has 1 heterocycles. The summed E-state index contributed by atoms with van der Waals surface area (Å²) in [5.41, 5.74) is 10.5. The summed E-state index contributed by atoms with van der Waals surface area (Å²) in [6, 6.07) is 7.72. The van der Waals surface area contributed by atoms with E-state index in [4.69, 9.17) is 5.73 Å². The van der Waals surface area contributed by atoms with Crippen LogP contribution in [0.15, 0.2) is 29.1 Å². The highest BCUT2D eigenvalue weighted by Crippen LogP contribution is 2.24. The second-order valence-electron chi connectivity index (χ2n) is 4.50. The molecular weight excluding hydrogens is 226 g/mol. The summed E-state index contributed by atoms with van der Waals surface area (Å²) < 4.78 is 1.34. The van der Waals surface area contributed by atoms with Gasteiger partial charge in [0.25, 0.3) is 5.56 Å². The van der Waals surface area contributed by atoms with Crippen molar-refractivity contribution < 1.29 is 0 Å². The van der Waals surface area contributed by atoms with Gasteiger partial charge in [0, 0.05) is 25.2 Å². The van der Waals surface area contributed by atoms with E-state index in [1.165, 1.54) is 10.2 Å². The van der Waals surface area contributed by atoms with E-state index >= 15 is 0 Å². The lowest BCUT2D eigenvalue weighted by Crippen LogP contribution is -2.21. The van der Waals surface area contributed by atoms with Crippen LogP contribution in [0, 0.1) is 13.8 Å². The number of benzene rings is 1. The molecule has 94 valence electrons. The molecular formula is C14H17N3O. The number of nitrogens with two attached hydrogens (primary N) is 1. The molecule has 4 heteroatoms. The maximum absolute atomic E-state index is 11.6. The molecule has 0 amide bonds. The van der Waals surface area contributed by atoms with Gasteiger partial charge < -0.3 is 5.73 Å². The molecule has 0 radical (unpaired) electrons. The fourth-order valence-corrected chi connectivity index (χ4v) is 2.04. The van der Waals surface area contributed by atoms with Gasteiger partial charge in [0.1, 0.15) is 0 Å². The van der Waals surface area contributed by atoms with E-state index in [9.17, 15) is 4.79 Å². The molecule has 0 saturated carbocycles. The fraction of sp³-hybridized carbons (Fsp3) is 0.286. The van der Waals surface area contributed by atoms with Gasteiger partial charge in [-0.05, 0) is 25.0 Å². The monoisotopic (exact) mass is 243 g/mol. The van der Waals surface area contributed by atoms with Crippen LogP contribution in [0.25, 0.3) is 11.3 Å². The van der Waals surface area contributed by atoms with Crippen molar-refractivity contribution in [1.82, 2.24) is 9.78 Å². The smallest absolute Gasteiger partial charge is 0.266 e. The Labute approximate surface area is 106 Å². The van der Waals surface area contributed by atoms with Crippen molar-refractivity contribution in [2.75, 3.05) is 0 Å². The van der Waals surface area contributed by atoms with E-state index in [1.807, 2.05) is 19.1 Å². The summed E-state index contributed by atoms with van der Waals surface area (Å²) in [7, 11) is 1.65. The highest BCUT2D eigenvalue weighted by atomic mass is 16.1. The molecule has 2 aromatic rings. The number of hydrogen-bond acceptors (Lipinski definition) is 3. The van der Waals surface area contributed by atoms with Crippen LogP contribution in [-0.2, 0) is 13.6 Å². The molecule has 0 spiro atoms. The summed E-state index contributed by atoms with van der Waals surface area (Å²) >= 11 is 0. The molecule has 0 unspecified atom stereocenters. The van der Waals surface area contributed by atoms with Gasteiger partial charge in [0.2, 0.25) is 0 Å². The van der Waals surface area contributed by atoms with Gasteiger partial charge in [-0.15, -0.1) is 0 Å². The Kier molecular flexibility index (Phi) is 3.30. The number of aryl methyl sites for hydroxylation is 3. The maximum Gasteiger partial charge on any atom is 0.266 e. The molecule has 2 N–H and O–H groups in total. The Hall–Kier alpha value is -1.94. The molecule has 0 bridgehead atoms. The van der Waals surface area contributed by atoms with E-state index in [0.717, 1.165) is 22.4 Å². The molecule has 0 atom stereocenters. The van der Waals surface area contributed by atoms with E-state index in [0.29, 0.717) is 6.54 Å². The quantitative estimate of drug-likeness (QED) is 0.870. The second kappa shape index (κ2) is 4.74. The topological polar surface area (TPSA) is 60.9 Å². The minimum absolute atomic E-state index is 0.135. The third-order valence-electron chi connectivity index (χ3n) is 3.03. The van der Waals surface area contributed by atoms with Crippen molar-refractivity contribution in [3.05, 3.63) is 51.3 Å². The fourth-order valence-electron chi connectivity index (χ4n) is 2.04. The molecule has 0 aliphatic rings. The molecule has 2 rings (SSSR count). The first kappa shape index (κ1) is 12.5. The lowest BCUT2D eigenvalue weighted by atomic mass is 10.00. The molecule has 1 aromatic carbocycles. The average molecular weight is 243 g/mol. The zero-order valence-corrected chi connectivity index (χ0v) is 10.9. The third kappa shape index (κ3) is 2.19. The molecule has 0 aliphatic heterocycles. The van der Waals surface area contributed by atoms with Gasteiger partial charge in [-0.25, -0.2) is 4.68 Å². The van der Waals surface area contributed by atoms with Crippen LogP contribution >= 0.6 is 0 Å². The van der Waals surface area contributed by atoms with Crippen LogP contribution < -0.4 is 11.3 Å². The Morgan fingerprint density at radius 2 is 2.00 bits per heavy atom. The summed E-state index contributed by atoms with van der Waals surface area (Å²) in [5.74, 6) is 0. The summed E-state index contributed by atoms with van der Waals surface area (Å²) in [5, 5.41) is 4.33. The second-order valence-corrected chi connectivity index (χ2v) is 4.50. The lowest BCUT2D eigenvalue weighted by molar-refractivity contribution is 0.704. The number of rotatable bonds is 2. The highest BCUT2D eigenvalue weighted by molar-refractivity contribution is 5.66. The molecule has 1 aromatic heterocycles. The van der Waals surface area contributed by atoms with Crippen LogP contribution in [0.5, 0.6) is 0 Å². The van der Waals surface area contributed by atoms with Crippen LogP contribution in [0.1, 0.15) is 16.7 Å². The van der Waals surface area contributed by atoms with E-state index in [-0.39, 0.29) is 5.56 Å². The van der Waals surface area contributed by atoms with Crippen molar-refractivity contribution in [3.8, 4) is 11.3 Å². The van der Waals surface area contributed by atoms with Crippen molar-refractivity contribution in [2.45, 2.75) is 20.4 Å². The highest BCUT2D eigenvalue weighted by Gasteiger charge is 2.10. The standard InChI is InChI=1S/C14H17N3O/c1-9-4-5-12(10(2)6-9)14-11(8-15)7-13(18)17(3)16-14/h4-7H,8,15H2,1-3H3. The molecule has 18 heavy (non-hydrogen) atoms. The van der Waals surface area contributed by atoms with E-state index in [2.05, 4.69) is 18.1 Å². The first-order chi connectivity index (χ1) is 8.52. The zero-order valence-electron chi connectivity index (χ0n) is 10.9. The van der Waals surface area contributed by atoms with Gasteiger partial charge in [0.05, 0.1) is 5.69 Å². The summed E-state index contributed by atoms with van der Waals surface area (Å²) in [6.45, 7) is 4.40. The molecule has 0 fully saturated rings. The van der Waals surface area contributed by atoms with E-state index < -0.39 is 0 Å². The van der Waals surface area contributed by atoms with Gasteiger partial charge in [-0.3, -0.25) is 4.79 Å². The van der Waals surface area contributed by atoms with Gasteiger partial charge in [0.15, 0.2) is 0 Å². The normalized spacial score (nSPS) is 10.7. The van der Waals surface area contributed by atoms with Gasteiger partial charge >= 0.3 is 0 Å². The number of aromatic nitrogens is 2. The van der Waals surface area contributed by atoms with Crippen molar-refractivity contribution in [3.63, 3.8) is 0 Å². The van der Waals surface area contributed by atoms with Crippen molar-refractivity contribution in [2.24, 2.45) is 12.8 Å². The van der Waals surface area contributed by atoms with Crippen LogP contribution in [0.3, 0.4) is 0 Å². The molecule has 0 saturated heterocycles. The van der Waals surface area contributed by atoms with Crippen molar-refractivity contribution >= 4 is 0 Å². The third-order valence-corrected chi connectivity index (χ3v) is 3.03. The minimum atomic E-state index is -0.135. The first-order valence-corrected chi connectivity index (χ1v) is 5.88. The first-order valence-electron chi connectivity index (χ1n) is 5.88. The van der Waals surface area contributed by atoms with Crippen LogP contribution in [-0.4, -0.2) is 9.78 Å². The van der Waals surface area contributed by atoms with Gasteiger partial charge in [-0.2, -0.15) is 5.10 Å². The summed E-state index contributed by atoms with van der Waals surface area (Å²) in [4.78, 5) is 11.6. The predicted octanol–water partition coefficient (Wildman–Crippen LogP) is 1.52. The van der Waals surface area contributed by atoms with E-state index in [1.54, 1.807) is 13.1 Å². The lowest BCUT2D eigenvalue weighted by Gasteiger charge is -2.11. The zero-order chi connectivity index (χ0) is 13.3. The van der Waals surface area contributed by atoms with Crippen molar-refractivity contribution in [1.29, 1.82) is 0 Å². The van der Waals surface area contributed by atoms with Crippen LogP contribution in [0.2, 0.25) is 0 Å². The predicted molar refractivity (Wildman–Crippen MR) is 72.3 cm³/mol. The Balaban J connectivity index is 2.70. The largest absolute Gasteiger partial charge is 0.326 e. The number of hydrogen-bond donors (Lipinski definition) is 1. The Morgan fingerprint density at radius 3 is 2.61 bits per heavy atom.